The number of hydrogen-bond acceptors (Lipinski definition) is 2. The van der Waals surface area contributed by atoms with Gasteiger partial charge in [0.1, 0.15) is 6.54 Å². The maximum Gasteiger partial charge on any atom is 0.362 e. The maximum atomic E-state index is 11.8. The Morgan fingerprint density at radius 1 is 0.688 bits per heavy atom. The van der Waals surface area contributed by atoms with Crippen molar-refractivity contribution in [2.75, 3.05) is 27.7 Å². The number of nitrogens with zero attached hydrogens (tertiary/aromatic N) is 1. The average molecular weight is 475 g/mol. The SMILES string of the molecule is CCCCCC/C=C\CCCCCCCC/C=C\CCCC(O)(C[N+](C)(C)C)P(=O)(O)O. The molecule has 6 heteroatoms. The third-order valence-electron chi connectivity index (χ3n) is 5.77. The zero-order valence-electron chi connectivity index (χ0n) is 21.5. The molecule has 0 aromatic carbocycles. The monoisotopic (exact) mass is 474 g/mol. The molecule has 0 heterocycles. The van der Waals surface area contributed by atoms with Gasteiger partial charge in [-0.2, -0.15) is 0 Å². The van der Waals surface area contributed by atoms with Crippen molar-refractivity contribution < 1.29 is 23.9 Å². The molecule has 0 aliphatic rings. The van der Waals surface area contributed by atoms with Crippen LogP contribution in [0.5, 0.6) is 0 Å². The van der Waals surface area contributed by atoms with Crippen molar-refractivity contribution in [2.45, 2.75) is 115 Å². The molecule has 1 unspecified atom stereocenters. The maximum absolute atomic E-state index is 11.8. The molecule has 190 valence electrons. The van der Waals surface area contributed by atoms with Crippen LogP contribution in [0.25, 0.3) is 0 Å². The van der Waals surface area contributed by atoms with Gasteiger partial charge in [-0.15, -0.1) is 0 Å². The fraction of sp³-hybridized carbons (Fsp3) is 0.846. The zero-order valence-corrected chi connectivity index (χ0v) is 22.4. The van der Waals surface area contributed by atoms with Gasteiger partial charge in [0.25, 0.3) is 0 Å². The second-order valence-electron chi connectivity index (χ2n) is 10.4. The van der Waals surface area contributed by atoms with Crippen molar-refractivity contribution in [3.8, 4) is 0 Å². The summed E-state index contributed by atoms with van der Waals surface area (Å²) in [5, 5.41) is 8.58. The number of aliphatic hydroxyl groups is 1. The molecule has 0 saturated carbocycles. The van der Waals surface area contributed by atoms with E-state index in [9.17, 15) is 19.5 Å². The van der Waals surface area contributed by atoms with Gasteiger partial charge >= 0.3 is 7.60 Å². The lowest BCUT2D eigenvalue weighted by molar-refractivity contribution is -0.875. The minimum Gasteiger partial charge on any atom is -0.373 e. The molecule has 0 aromatic heterocycles. The zero-order chi connectivity index (χ0) is 24.3. The van der Waals surface area contributed by atoms with Gasteiger partial charge in [-0.1, -0.05) is 76.2 Å². The first-order valence-corrected chi connectivity index (χ1v) is 14.5. The van der Waals surface area contributed by atoms with Crippen LogP contribution in [-0.2, 0) is 4.57 Å². The fourth-order valence-corrected chi connectivity index (χ4v) is 5.03. The second-order valence-corrected chi connectivity index (χ2v) is 12.3. The molecule has 0 radical (unpaired) electrons. The topological polar surface area (TPSA) is 77.8 Å². The number of likely N-dealkylation sites (N-methyl/N-ethyl adjacent to an activating group) is 1. The summed E-state index contributed by atoms with van der Waals surface area (Å²) >= 11 is 0. The summed E-state index contributed by atoms with van der Waals surface area (Å²) in [5.41, 5.74) is 0. The number of unbranched alkanes of at least 4 members (excludes halogenated alkanes) is 12. The van der Waals surface area contributed by atoms with Gasteiger partial charge in [0.15, 0.2) is 0 Å². The Hall–Kier alpha value is -0.450. The van der Waals surface area contributed by atoms with E-state index in [1.807, 2.05) is 21.1 Å². The van der Waals surface area contributed by atoms with Crippen LogP contribution in [0.15, 0.2) is 24.3 Å². The molecule has 5 nitrogen and oxygen atoms in total. The van der Waals surface area contributed by atoms with Gasteiger partial charge < -0.3 is 19.4 Å². The Kier molecular flexibility index (Phi) is 17.7. The van der Waals surface area contributed by atoms with Crippen molar-refractivity contribution in [3.63, 3.8) is 0 Å². The van der Waals surface area contributed by atoms with Crippen LogP contribution in [0.1, 0.15) is 110 Å². The lowest BCUT2D eigenvalue weighted by Gasteiger charge is -2.35. The van der Waals surface area contributed by atoms with Crippen LogP contribution in [-0.4, -0.2) is 52.4 Å². The van der Waals surface area contributed by atoms with E-state index in [0.29, 0.717) is 10.9 Å². The Morgan fingerprint density at radius 3 is 1.44 bits per heavy atom. The fourth-order valence-electron chi connectivity index (χ4n) is 3.97. The van der Waals surface area contributed by atoms with E-state index in [1.54, 1.807) is 0 Å². The van der Waals surface area contributed by atoms with E-state index in [4.69, 9.17) is 0 Å². The molecule has 0 aromatic rings. The standard InChI is InChI=1S/C26H52NO4P/c1-5-6-7-8-9-10-11-12-13-14-15-16-17-18-19-20-21-22-23-24-26(28,32(29,30)31)25-27(2,3)4/h10-11,20-21,28H,5-9,12-19,22-25H2,1-4H3,(H-,29,30,31)/p+1/b11-10-,21-20-. The minimum atomic E-state index is -4.57. The van der Waals surface area contributed by atoms with Gasteiger partial charge in [0.2, 0.25) is 5.34 Å². The van der Waals surface area contributed by atoms with Crippen LogP contribution in [0.2, 0.25) is 0 Å². The third-order valence-corrected chi connectivity index (χ3v) is 7.22. The van der Waals surface area contributed by atoms with Crippen LogP contribution in [0, 0.1) is 0 Å². The molecular formula is C26H53NO4P+. The van der Waals surface area contributed by atoms with E-state index in [0.717, 1.165) is 12.8 Å². The van der Waals surface area contributed by atoms with Crippen LogP contribution in [0.3, 0.4) is 0 Å². The quantitative estimate of drug-likeness (QED) is 0.0729. The Bertz CT molecular complexity index is 551. The van der Waals surface area contributed by atoms with E-state index in [-0.39, 0.29) is 13.0 Å². The highest BCUT2D eigenvalue weighted by atomic mass is 31.2. The third kappa shape index (κ3) is 18.0. The molecule has 32 heavy (non-hydrogen) atoms. The summed E-state index contributed by atoms with van der Waals surface area (Å²) in [6.07, 6.45) is 27.0. The van der Waals surface area contributed by atoms with Crippen molar-refractivity contribution in [2.24, 2.45) is 0 Å². The van der Waals surface area contributed by atoms with Gasteiger partial charge in [0.05, 0.1) is 21.1 Å². The highest BCUT2D eigenvalue weighted by molar-refractivity contribution is 7.53. The molecule has 0 rings (SSSR count). The summed E-state index contributed by atoms with van der Waals surface area (Å²) in [7, 11) is 0.916. The molecule has 0 fully saturated rings. The van der Waals surface area contributed by atoms with Crippen molar-refractivity contribution in [1.29, 1.82) is 0 Å². The molecule has 0 aliphatic carbocycles. The Morgan fingerprint density at radius 2 is 1.06 bits per heavy atom. The van der Waals surface area contributed by atoms with Crippen molar-refractivity contribution in [3.05, 3.63) is 24.3 Å². The molecule has 0 amide bonds. The summed E-state index contributed by atoms with van der Waals surface area (Å²) in [5.74, 6) is 0. The predicted octanol–water partition coefficient (Wildman–Crippen LogP) is 6.93. The van der Waals surface area contributed by atoms with Crippen LogP contribution < -0.4 is 0 Å². The predicted molar refractivity (Wildman–Crippen MR) is 138 cm³/mol. The van der Waals surface area contributed by atoms with E-state index in [2.05, 4.69) is 31.2 Å². The van der Waals surface area contributed by atoms with Crippen LogP contribution >= 0.6 is 7.60 Å². The first kappa shape index (κ1) is 31.6. The first-order chi connectivity index (χ1) is 15.0. The molecular weight excluding hydrogens is 421 g/mol. The second kappa shape index (κ2) is 18.0. The van der Waals surface area contributed by atoms with Gasteiger partial charge in [-0.3, -0.25) is 4.57 Å². The lowest BCUT2D eigenvalue weighted by atomic mass is 10.1. The molecule has 0 saturated heterocycles. The molecule has 0 aliphatic heterocycles. The average Bonchev–Trinajstić information content (AvgIpc) is 2.67. The smallest absolute Gasteiger partial charge is 0.362 e. The molecule has 0 bridgehead atoms. The number of rotatable bonds is 21. The minimum absolute atomic E-state index is 0.0380. The normalized spacial score (nSPS) is 15.1. The van der Waals surface area contributed by atoms with Crippen LogP contribution in [0.4, 0.5) is 0 Å². The highest BCUT2D eigenvalue weighted by Crippen LogP contribution is 2.52. The summed E-state index contributed by atoms with van der Waals surface area (Å²) in [4.78, 5) is 19.2. The summed E-state index contributed by atoms with van der Waals surface area (Å²) in [6.45, 7) is 2.29. The van der Waals surface area contributed by atoms with Crippen molar-refractivity contribution in [1.82, 2.24) is 0 Å². The Balaban J connectivity index is 3.69. The summed E-state index contributed by atoms with van der Waals surface area (Å²) in [6, 6.07) is 0. The molecule has 3 N–H and O–H groups in total. The first-order valence-electron chi connectivity index (χ1n) is 12.9. The Labute approximate surface area is 198 Å². The van der Waals surface area contributed by atoms with Gasteiger partial charge in [0, 0.05) is 0 Å². The highest BCUT2D eigenvalue weighted by Gasteiger charge is 2.48. The summed E-state index contributed by atoms with van der Waals surface area (Å²) < 4.78 is 12.1. The number of quaternary nitrogens is 1. The molecule has 0 spiro atoms. The number of hydrogen-bond donors (Lipinski definition) is 3. The van der Waals surface area contributed by atoms with Gasteiger partial charge in [-0.25, -0.2) is 0 Å². The van der Waals surface area contributed by atoms with Crippen molar-refractivity contribution >= 4 is 7.60 Å². The lowest BCUT2D eigenvalue weighted by Crippen LogP contribution is -2.49. The van der Waals surface area contributed by atoms with E-state index < -0.39 is 12.9 Å². The van der Waals surface area contributed by atoms with Gasteiger partial charge in [-0.05, 0) is 57.8 Å². The van der Waals surface area contributed by atoms with E-state index in [1.165, 1.54) is 77.0 Å². The largest absolute Gasteiger partial charge is 0.373 e. The van der Waals surface area contributed by atoms with E-state index >= 15 is 0 Å². The molecule has 1 atom stereocenters. The number of allylic oxidation sites excluding steroid dienone is 4.